The van der Waals surface area contributed by atoms with Gasteiger partial charge in [-0.15, -0.1) is 24.0 Å². The molecule has 0 aliphatic carbocycles. The monoisotopic (exact) mass is 522 g/mol. The third-order valence-electron chi connectivity index (χ3n) is 5.52. The number of guanidine groups is 1. The lowest BCUT2D eigenvalue weighted by Crippen LogP contribution is -2.52. The van der Waals surface area contributed by atoms with E-state index in [4.69, 9.17) is 4.52 Å². The molecule has 162 valence electrons. The number of rotatable bonds is 5. The first-order chi connectivity index (χ1) is 14.2. The van der Waals surface area contributed by atoms with Gasteiger partial charge in [0.05, 0.1) is 5.69 Å². The summed E-state index contributed by atoms with van der Waals surface area (Å²) in [6.45, 7) is 9.46. The number of hydrogen-bond acceptors (Lipinski definition) is 5. The van der Waals surface area contributed by atoms with Crippen LogP contribution in [0.3, 0.4) is 0 Å². The van der Waals surface area contributed by atoms with E-state index < -0.39 is 0 Å². The fraction of sp³-hybridized carbons (Fsp3) is 0.455. The van der Waals surface area contributed by atoms with E-state index in [1.807, 2.05) is 20.0 Å². The lowest BCUT2D eigenvalue weighted by molar-refractivity contribution is 0.169. The second-order valence-electron chi connectivity index (χ2n) is 7.64. The van der Waals surface area contributed by atoms with Gasteiger partial charge in [-0.2, -0.15) is 0 Å². The Bertz CT molecular complexity index is 847. The van der Waals surface area contributed by atoms with Crippen LogP contribution in [0.5, 0.6) is 0 Å². The van der Waals surface area contributed by atoms with Crippen LogP contribution in [0, 0.1) is 6.92 Å². The third-order valence-corrected chi connectivity index (χ3v) is 5.52. The lowest BCUT2D eigenvalue weighted by atomic mass is 10.2. The van der Waals surface area contributed by atoms with Crippen molar-refractivity contribution in [1.82, 2.24) is 20.3 Å². The Kier molecular flexibility index (Phi) is 8.15. The van der Waals surface area contributed by atoms with Crippen molar-refractivity contribution in [2.45, 2.75) is 20.0 Å². The van der Waals surface area contributed by atoms with Crippen LogP contribution in [0.25, 0.3) is 0 Å². The number of aromatic nitrogens is 1. The number of halogens is 1. The van der Waals surface area contributed by atoms with Crippen LogP contribution < -0.4 is 10.2 Å². The molecule has 1 fully saturated rings. The predicted molar refractivity (Wildman–Crippen MR) is 131 cm³/mol. The Morgan fingerprint density at radius 1 is 1.10 bits per heavy atom. The number of piperazine rings is 1. The normalized spacial score (nSPS) is 17.3. The number of anilines is 1. The average Bonchev–Trinajstić information content (AvgIpc) is 3.42. The third kappa shape index (κ3) is 5.75. The molecule has 4 rings (SSSR count). The molecule has 2 aromatic rings. The Labute approximate surface area is 195 Å². The van der Waals surface area contributed by atoms with Crippen LogP contribution in [-0.2, 0) is 13.1 Å². The van der Waals surface area contributed by atoms with Crippen molar-refractivity contribution in [2.24, 2.45) is 4.99 Å². The summed E-state index contributed by atoms with van der Waals surface area (Å²) in [7, 11) is 1.86. The zero-order chi connectivity index (χ0) is 20.1. The second kappa shape index (κ2) is 10.8. The summed E-state index contributed by atoms with van der Waals surface area (Å²) in [5.74, 6) is 1.84. The van der Waals surface area contributed by atoms with Gasteiger partial charge < -0.3 is 19.6 Å². The highest BCUT2D eigenvalue weighted by atomic mass is 127. The fourth-order valence-corrected chi connectivity index (χ4v) is 3.87. The molecule has 1 aromatic carbocycles. The number of nitrogens with zero attached hydrogens (tertiary/aromatic N) is 5. The zero-order valence-electron chi connectivity index (χ0n) is 17.8. The highest BCUT2D eigenvalue weighted by Crippen LogP contribution is 2.17. The van der Waals surface area contributed by atoms with E-state index in [0.717, 1.165) is 69.8 Å². The van der Waals surface area contributed by atoms with E-state index >= 15 is 0 Å². The first kappa shape index (κ1) is 22.6. The molecule has 30 heavy (non-hydrogen) atoms. The first-order valence-electron chi connectivity index (χ1n) is 10.3. The van der Waals surface area contributed by atoms with Gasteiger partial charge in [-0.25, -0.2) is 0 Å². The summed E-state index contributed by atoms with van der Waals surface area (Å²) in [6, 6.07) is 10.8. The van der Waals surface area contributed by atoms with E-state index in [2.05, 4.69) is 66.6 Å². The predicted octanol–water partition coefficient (Wildman–Crippen LogP) is 2.87. The molecule has 0 bridgehead atoms. The zero-order valence-corrected chi connectivity index (χ0v) is 20.1. The summed E-state index contributed by atoms with van der Waals surface area (Å²) in [5, 5.41) is 7.62. The van der Waals surface area contributed by atoms with Gasteiger partial charge in [-0.3, -0.25) is 9.89 Å². The minimum absolute atomic E-state index is 0. The molecule has 0 radical (unpaired) electrons. The van der Waals surface area contributed by atoms with E-state index in [1.54, 1.807) is 0 Å². The molecule has 0 unspecified atom stereocenters. The summed E-state index contributed by atoms with van der Waals surface area (Å²) in [6.07, 6.45) is 4.43. The SMILES string of the molecule is CN=C(NCc1ccc(N2CC=CC2)cc1)N1CCN(Cc2cc(C)on2)CC1.I. The molecule has 1 N–H and O–H groups in total. The summed E-state index contributed by atoms with van der Waals surface area (Å²) in [5.41, 5.74) is 3.55. The van der Waals surface area contributed by atoms with Crippen molar-refractivity contribution < 1.29 is 4.52 Å². The Morgan fingerprint density at radius 2 is 1.80 bits per heavy atom. The van der Waals surface area contributed by atoms with Gasteiger partial charge in [-0.1, -0.05) is 29.4 Å². The van der Waals surface area contributed by atoms with E-state index in [-0.39, 0.29) is 24.0 Å². The van der Waals surface area contributed by atoms with Crippen LogP contribution in [-0.4, -0.2) is 67.2 Å². The van der Waals surface area contributed by atoms with E-state index in [1.165, 1.54) is 11.3 Å². The molecular formula is C22H31IN6O. The van der Waals surface area contributed by atoms with E-state index in [9.17, 15) is 0 Å². The lowest BCUT2D eigenvalue weighted by Gasteiger charge is -2.36. The summed E-state index contributed by atoms with van der Waals surface area (Å²) < 4.78 is 5.17. The minimum Gasteiger partial charge on any atom is -0.364 e. The molecule has 0 spiro atoms. The summed E-state index contributed by atoms with van der Waals surface area (Å²) in [4.78, 5) is 11.6. The Morgan fingerprint density at radius 3 is 2.40 bits per heavy atom. The molecular weight excluding hydrogens is 491 g/mol. The molecule has 0 amide bonds. The van der Waals surface area contributed by atoms with Crippen LogP contribution in [0.1, 0.15) is 17.0 Å². The second-order valence-corrected chi connectivity index (χ2v) is 7.64. The average molecular weight is 522 g/mol. The number of aliphatic imine (C=N–C) groups is 1. The first-order valence-corrected chi connectivity index (χ1v) is 10.3. The van der Waals surface area contributed by atoms with Crippen molar-refractivity contribution in [3.63, 3.8) is 0 Å². The van der Waals surface area contributed by atoms with Gasteiger partial charge in [-0.05, 0) is 24.6 Å². The molecule has 0 atom stereocenters. The maximum atomic E-state index is 5.17. The standard InChI is InChI=1S/C22H30N6O.HI/c1-18-15-20(25-29-18)17-26-11-13-28(14-12-26)22(23-2)24-16-19-5-7-21(8-6-19)27-9-3-4-10-27;/h3-8,15H,9-14,16-17H2,1-2H3,(H,23,24);1H. The maximum absolute atomic E-state index is 5.17. The molecule has 1 aromatic heterocycles. The number of hydrogen-bond donors (Lipinski definition) is 1. The van der Waals surface area contributed by atoms with Crippen LogP contribution in [0.4, 0.5) is 5.69 Å². The van der Waals surface area contributed by atoms with Gasteiger partial charge in [0.2, 0.25) is 0 Å². The van der Waals surface area contributed by atoms with Gasteiger partial charge in [0, 0.05) is 71.2 Å². The summed E-state index contributed by atoms with van der Waals surface area (Å²) >= 11 is 0. The van der Waals surface area contributed by atoms with E-state index in [0.29, 0.717) is 0 Å². The van der Waals surface area contributed by atoms with Gasteiger partial charge in [0.1, 0.15) is 5.76 Å². The maximum Gasteiger partial charge on any atom is 0.194 e. The van der Waals surface area contributed by atoms with Crippen molar-refractivity contribution in [3.05, 3.63) is 59.5 Å². The Hall–Kier alpha value is -2.07. The molecule has 3 heterocycles. The van der Waals surface area contributed by atoms with Crippen molar-refractivity contribution in [1.29, 1.82) is 0 Å². The van der Waals surface area contributed by atoms with Gasteiger partial charge in [0.15, 0.2) is 5.96 Å². The topological polar surface area (TPSA) is 60.1 Å². The molecule has 7 nitrogen and oxygen atoms in total. The van der Waals surface area contributed by atoms with Crippen molar-refractivity contribution in [2.75, 3.05) is 51.2 Å². The quantitative estimate of drug-likeness (QED) is 0.282. The van der Waals surface area contributed by atoms with Gasteiger partial charge >= 0.3 is 0 Å². The van der Waals surface area contributed by atoms with Crippen molar-refractivity contribution >= 4 is 35.6 Å². The molecule has 2 aliphatic rings. The minimum atomic E-state index is 0. The van der Waals surface area contributed by atoms with Crippen molar-refractivity contribution in [3.8, 4) is 0 Å². The fourth-order valence-electron chi connectivity index (χ4n) is 3.87. The molecule has 8 heteroatoms. The molecule has 2 aliphatic heterocycles. The number of aryl methyl sites for hydroxylation is 1. The molecule has 1 saturated heterocycles. The van der Waals surface area contributed by atoms with Gasteiger partial charge in [0.25, 0.3) is 0 Å². The smallest absolute Gasteiger partial charge is 0.194 e. The number of nitrogens with one attached hydrogen (secondary N) is 1. The van der Waals surface area contributed by atoms with Crippen LogP contribution in [0.2, 0.25) is 0 Å². The van der Waals surface area contributed by atoms with Crippen LogP contribution >= 0.6 is 24.0 Å². The van der Waals surface area contributed by atoms with Crippen LogP contribution in [0.15, 0.2) is 52.0 Å². The Balaban J connectivity index is 0.00000256. The molecule has 0 saturated carbocycles. The highest BCUT2D eigenvalue weighted by Gasteiger charge is 2.20. The highest BCUT2D eigenvalue weighted by molar-refractivity contribution is 14.0. The largest absolute Gasteiger partial charge is 0.364 e. The number of benzene rings is 1.